The van der Waals surface area contributed by atoms with E-state index in [1.54, 1.807) is 6.20 Å². The lowest BCUT2D eigenvalue weighted by Crippen LogP contribution is -2.36. The first-order chi connectivity index (χ1) is 12.8. The van der Waals surface area contributed by atoms with E-state index in [4.69, 9.17) is 0 Å². The summed E-state index contributed by atoms with van der Waals surface area (Å²) in [7, 11) is -3.96. The zero-order valence-electron chi connectivity index (χ0n) is 15.0. The van der Waals surface area contributed by atoms with E-state index < -0.39 is 21.8 Å². The number of sulfonamides is 1. The Balaban J connectivity index is 0.00000280. The Hall–Kier alpha value is -1.62. The molecule has 1 aromatic heterocycles. The molecule has 1 fully saturated rings. The van der Waals surface area contributed by atoms with Crippen LogP contribution < -0.4 is 0 Å². The third-order valence-electron chi connectivity index (χ3n) is 4.55. The van der Waals surface area contributed by atoms with Crippen LogP contribution >= 0.6 is 12.4 Å². The molecule has 1 aliphatic heterocycles. The highest BCUT2D eigenvalue weighted by Gasteiger charge is 2.33. The molecule has 2 heterocycles. The number of rotatable bonds is 5. The molecular weight excluding hydrogens is 417 g/mol. The van der Waals surface area contributed by atoms with Gasteiger partial charge in [-0.25, -0.2) is 8.42 Å². The summed E-state index contributed by atoms with van der Waals surface area (Å²) in [5.41, 5.74) is -0.959. The van der Waals surface area contributed by atoms with Crippen molar-refractivity contribution in [3.8, 4) is 0 Å². The topological polar surface area (TPSA) is 58.4 Å². The lowest BCUT2D eigenvalue weighted by molar-refractivity contribution is -0.137. The van der Waals surface area contributed by atoms with Gasteiger partial charge in [0.15, 0.2) is 0 Å². The maximum atomic E-state index is 12.9. The van der Waals surface area contributed by atoms with Gasteiger partial charge in [-0.15, -0.1) is 12.4 Å². The van der Waals surface area contributed by atoms with E-state index in [1.807, 2.05) is 16.9 Å². The van der Waals surface area contributed by atoms with Crippen LogP contribution in [0.25, 0.3) is 0 Å². The van der Waals surface area contributed by atoms with Gasteiger partial charge in [0, 0.05) is 38.6 Å². The Labute approximate surface area is 168 Å². The minimum atomic E-state index is -4.58. The Morgan fingerprint density at radius 1 is 1.04 bits per heavy atom. The summed E-state index contributed by atoms with van der Waals surface area (Å²) in [4.78, 5) is 1.82. The third-order valence-corrected chi connectivity index (χ3v) is 6.45. The molecule has 0 unspecified atom stereocenters. The molecule has 6 nitrogen and oxygen atoms in total. The third kappa shape index (κ3) is 5.47. The number of hydrogen-bond acceptors (Lipinski definition) is 4. The second kappa shape index (κ2) is 9.25. The highest BCUT2D eigenvalue weighted by atomic mass is 35.5. The number of halogens is 4. The predicted molar refractivity (Wildman–Crippen MR) is 101 cm³/mol. The summed E-state index contributed by atoms with van der Waals surface area (Å²) in [6, 6.07) is 5.76. The summed E-state index contributed by atoms with van der Waals surface area (Å²) in [6.45, 7) is 3.23. The van der Waals surface area contributed by atoms with Crippen LogP contribution in [0.4, 0.5) is 13.2 Å². The normalized spacial score (nSPS) is 17.1. The van der Waals surface area contributed by atoms with Gasteiger partial charge in [0.2, 0.25) is 10.0 Å². The van der Waals surface area contributed by atoms with Gasteiger partial charge in [0.05, 0.1) is 17.0 Å². The molecule has 0 bridgehead atoms. The van der Waals surface area contributed by atoms with Crippen molar-refractivity contribution in [3.05, 3.63) is 48.3 Å². The van der Waals surface area contributed by atoms with E-state index in [0.717, 1.165) is 25.2 Å². The maximum Gasteiger partial charge on any atom is 0.416 e. The molecule has 0 atom stereocenters. The van der Waals surface area contributed by atoms with Crippen molar-refractivity contribution in [1.29, 1.82) is 0 Å². The second-order valence-corrected chi connectivity index (χ2v) is 8.33. The van der Waals surface area contributed by atoms with E-state index in [1.165, 1.54) is 10.4 Å². The quantitative estimate of drug-likeness (QED) is 0.720. The van der Waals surface area contributed by atoms with Crippen LogP contribution in [0.3, 0.4) is 0 Å². The molecule has 0 saturated carbocycles. The molecule has 1 saturated heterocycles. The Morgan fingerprint density at radius 3 is 2.50 bits per heavy atom. The minimum absolute atomic E-state index is 0. The number of nitrogens with zero attached hydrogens (tertiary/aromatic N) is 4. The van der Waals surface area contributed by atoms with Gasteiger partial charge in [-0.05, 0) is 37.2 Å². The second-order valence-electron chi connectivity index (χ2n) is 6.39. The van der Waals surface area contributed by atoms with Crippen molar-refractivity contribution in [2.75, 3.05) is 32.7 Å². The van der Waals surface area contributed by atoms with Gasteiger partial charge in [-0.3, -0.25) is 4.68 Å². The smallest absolute Gasteiger partial charge is 0.300 e. The lowest BCUT2D eigenvalue weighted by atomic mass is 10.2. The van der Waals surface area contributed by atoms with Crippen LogP contribution in [0.1, 0.15) is 12.0 Å². The molecule has 156 valence electrons. The summed E-state index contributed by atoms with van der Waals surface area (Å²) in [6.07, 6.45) is -0.390. The maximum absolute atomic E-state index is 12.9. The fourth-order valence-corrected chi connectivity index (χ4v) is 4.59. The van der Waals surface area contributed by atoms with Gasteiger partial charge in [-0.2, -0.15) is 22.6 Å². The zero-order chi connectivity index (χ0) is 19.5. The molecule has 1 aliphatic rings. The van der Waals surface area contributed by atoms with Gasteiger partial charge in [-0.1, -0.05) is 6.07 Å². The monoisotopic (exact) mass is 438 g/mol. The van der Waals surface area contributed by atoms with Crippen LogP contribution in [0, 0.1) is 0 Å². The van der Waals surface area contributed by atoms with Crippen molar-refractivity contribution in [2.24, 2.45) is 0 Å². The fraction of sp³-hybridized carbons (Fsp3) is 0.471. The molecule has 1 aromatic carbocycles. The molecular formula is C17H22ClF3N4O2S. The largest absolute Gasteiger partial charge is 0.416 e. The highest BCUT2D eigenvalue weighted by molar-refractivity contribution is 7.89. The summed E-state index contributed by atoms with van der Waals surface area (Å²) in [5.74, 6) is 0. The first-order valence-electron chi connectivity index (χ1n) is 8.64. The van der Waals surface area contributed by atoms with Gasteiger partial charge in [0.25, 0.3) is 0 Å². The Kier molecular flexibility index (Phi) is 7.49. The van der Waals surface area contributed by atoms with Crippen LogP contribution in [0.5, 0.6) is 0 Å². The van der Waals surface area contributed by atoms with Gasteiger partial charge < -0.3 is 4.90 Å². The average Bonchev–Trinajstić information content (AvgIpc) is 3.03. The molecule has 0 spiro atoms. The van der Waals surface area contributed by atoms with Crippen molar-refractivity contribution in [2.45, 2.75) is 24.0 Å². The zero-order valence-corrected chi connectivity index (χ0v) is 16.7. The molecule has 2 aromatic rings. The van der Waals surface area contributed by atoms with Crippen LogP contribution in [-0.4, -0.2) is 60.1 Å². The summed E-state index contributed by atoms with van der Waals surface area (Å²) in [5, 5.41) is 4.14. The van der Waals surface area contributed by atoms with Gasteiger partial charge in [0.1, 0.15) is 0 Å². The van der Waals surface area contributed by atoms with Crippen molar-refractivity contribution in [3.63, 3.8) is 0 Å². The molecule has 0 aliphatic carbocycles. The standard InChI is InChI=1S/C17H21F3N4O2S.ClH/c18-17(19,20)15-4-1-5-16(14-15)27(25,26)24-9-3-7-22(11-13-24)10-12-23-8-2-6-21-23;/h1-2,4-6,8,14H,3,7,9-13H2;1H. The fourth-order valence-electron chi connectivity index (χ4n) is 3.07. The van der Waals surface area contributed by atoms with E-state index in [-0.39, 0.29) is 30.4 Å². The minimum Gasteiger partial charge on any atom is -0.300 e. The number of aromatic nitrogens is 2. The van der Waals surface area contributed by atoms with E-state index in [2.05, 4.69) is 10.00 Å². The van der Waals surface area contributed by atoms with E-state index in [0.29, 0.717) is 25.6 Å². The number of alkyl halides is 3. The van der Waals surface area contributed by atoms with Crippen LogP contribution in [0.15, 0.2) is 47.6 Å². The van der Waals surface area contributed by atoms with Crippen molar-refractivity contribution < 1.29 is 21.6 Å². The lowest BCUT2D eigenvalue weighted by Gasteiger charge is -2.22. The van der Waals surface area contributed by atoms with Crippen LogP contribution in [0.2, 0.25) is 0 Å². The number of hydrogen-bond donors (Lipinski definition) is 0. The molecule has 0 radical (unpaired) electrons. The average molecular weight is 439 g/mol. The Morgan fingerprint density at radius 2 is 1.82 bits per heavy atom. The number of benzene rings is 1. The van der Waals surface area contributed by atoms with E-state index >= 15 is 0 Å². The first kappa shape index (κ1) is 22.7. The van der Waals surface area contributed by atoms with Crippen molar-refractivity contribution >= 4 is 22.4 Å². The van der Waals surface area contributed by atoms with Crippen molar-refractivity contribution in [1.82, 2.24) is 19.0 Å². The highest BCUT2D eigenvalue weighted by Crippen LogP contribution is 2.31. The van der Waals surface area contributed by atoms with Crippen LogP contribution in [-0.2, 0) is 22.7 Å². The summed E-state index contributed by atoms with van der Waals surface area (Å²) < 4.78 is 67.4. The Bertz CT molecular complexity index is 860. The molecule has 0 N–H and O–H groups in total. The van der Waals surface area contributed by atoms with Gasteiger partial charge >= 0.3 is 6.18 Å². The molecule has 28 heavy (non-hydrogen) atoms. The molecule has 11 heteroatoms. The summed E-state index contributed by atoms with van der Waals surface area (Å²) >= 11 is 0. The molecule has 0 amide bonds. The SMILES string of the molecule is Cl.O=S(=O)(c1cccc(C(F)(F)F)c1)N1CCCN(CCn2cccn2)CC1. The predicted octanol–water partition coefficient (Wildman–Crippen LogP) is 2.72. The van der Waals surface area contributed by atoms with E-state index in [9.17, 15) is 21.6 Å². The molecule has 3 rings (SSSR count). The first-order valence-corrected chi connectivity index (χ1v) is 10.1.